The Morgan fingerprint density at radius 2 is 2.00 bits per heavy atom. The number of piperazine rings is 1. The molecular formula is C9H16N2O3S. The predicted octanol–water partition coefficient (Wildman–Crippen LogP) is -0.311. The van der Waals surface area contributed by atoms with E-state index in [4.69, 9.17) is 0 Å². The highest BCUT2D eigenvalue weighted by molar-refractivity contribution is 7.90. The van der Waals surface area contributed by atoms with Crippen molar-refractivity contribution in [3.63, 3.8) is 0 Å². The van der Waals surface area contributed by atoms with Crippen LogP contribution in [0.25, 0.3) is 0 Å². The summed E-state index contributed by atoms with van der Waals surface area (Å²) in [7, 11) is -3.26. The van der Waals surface area contributed by atoms with Gasteiger partial charge in [-0.3, -0.25) is 4.79 Å². The van der Waals surface area contributed by atoms with Crippen molar-refractivity contribution < 1.29 is 13.2 Å². The highest BCUT2D eigenvalue weighted by atomic mass is 32.2. The molecule has 1 amide bonds. The number of nitrogens with one attached hydrogen (secondary N) is 1. The molecular weight excluding hydrogens is 216 g/mol. The summed E-state index contributed by atoms with van der Waals surface area (Å²) in [6, 6.07) is 0. The Labute approximate surface area is 89.9 Å². The summed E-state index contributed by atoms with van der Waals surface area (Å²) < 4.78 is 25.5. The van der Waals surface area contributed by atoms with Crippen LogP contribution in [0.15, 0.2) is 0 Å². The summed E-state index contributed by atoms with van der Waals surface area (Å²) >= 11 is 0. The lowest BCUT2D eigenvalue weighted by atomic mass is 10.0. The van der Waals surface area contributed by atoms with E-state index in [2.05, 4.69) is 5.32 Å². The molecule has 0 atom stereocenters. The molecule has 0 aromatic heterocycles. The van der Waals surface area contributed by atoms with Gasteiger partial charge in [0.2, 0.25) is 15.9 Å². The molecule has 86 valence electrons. The van der Waals surface area contributed by atoms with E-state index < -0.39 is 15.6 Å². The highest BCUT2D eigenvalue weighted by Gasteiger charge is 2.47. The first-order valence-corrected chi connectivity index (χ1v) is 6.63. The Morgan fingerprint density at radius 1 is 1.40 bits per heavy atom. The average Bonchev–Trinajstić information content (AvgIpc) is 2.91. The van der Waals surface area contributed by atoms with Crippen LogP contribution in [-0.4, -0.2) is 42.5 Å². The topological polar surface area (TPSA) is 66.5 Å². The third kappa shape index (κ3) is 1.88. The molecule has 1 saturated carbocycles. The number of amides is 1. The molecule has 0 unspecified atom stereocenters. The molecule has 0 aromatic rings. The number of hydrogen-bond donors (Lipinski definition) is 1. The van der Waals surface area contributed by atoms with Gasteiger partial charge in [-0.25, -0.2) is 8.42 Å². The molecule has 15 heavy (non-hydrogen) atoms. The second-order valence-electron chi connectivity index (χ2n) is 4.84. The summed E-state index contributed by atoms with van der Waals surface area (Å²) in [4.78, 5) is 11.2. The van der Waals surface area contributed by atoms with Crippen molar-refractivity contribution in [2.24, 2.45) is 0 Å². The molecule has 1 N–H and O–H groups in total. The monoisotopic (exact) mass is 232 g/mol. The van der Waals surface area contributed by atoms with Gasteiger partial charge in [-0.15, -0.1) is 0 Å². The van der Waals surface area contributed by atoms with E-state index in [1.54, 1.807) is 0 Å². The lowest BCUT2D eigenvalue weighted by Gasteiger charge is -2.40. The SMILES string of the molecule is CC1(C)CNC(=O)CN1S(=O)(=O)C1CC1. The summed E-state index contributed by atoms with van der Waals surface area (Å²) in [5.41, 5.74) is -0.505. The number of carbonyl (C=O) groups excluding carboxylic acids is 1. The fourth-order valence-corrected chi connectivity index (χ4v) is 3.93. The lowest BCUT2D eigenvalue weighted by molar-refractivity contribution is -0.124. The van der Waals surface area contributed by atoms with Gasteiger partial charge in [0.25, 0.3) is 0 Å². The molecule has 6 heteroatoms. The van der Waals surface area contributed by atoms with Gasteiger partial charge in [-0.2, -0.15) is 4.31 Å². The minimum absolute atomic E-state index is 0.0359. The zero-order valence-corrected chi connectivity index (χ0v) is 9.80. The number of carbonyl (C=O) groups is 1. The van der Waals surface area contributed by atoms with E-state index in [1.807, 2.05) is 13.8 Å². The van der Waals surface area contributed by atoms with Gasteiger partial charge in [-0.1, -0.05) is 0 Å². The van der Waals surface area contributed by atoms with E-state index in [0.717, 1.165) is 12.8 Å². The number of hydrogen-bond acceptors (Lipinski definition) is 3. The Kier molecular flexibility index (Phi) is 2.31. The van der Waals surface area contributed by atoms with Crippen LogP contribution in [0.2, 0.25) is 0 Å². The molecule has 0 radical (unpaired) electrons. The zero-order valence-electron chi connectivity index (χ0n) is 8.99. The third-order valence-corrected chi connectivity index (χ3v) is 5.48. The first-order chi connectivity index (χ1) is 6.84. The third-order valence-electron chi connectivity index (χ3n) is 2.93. The molecule has 1 aliphatic carbocycles. The van der Waals surface area contributed by atoms with Gasteiger partial charge in [0.05, 0.1) is 11.8 Å². The number of sulfonamides is 1. The quantitative estimate of drug-likeness (QED) is 0.710. The average molecular weight is 232 g/mol. The molecule has 2 rings (SSSR count). The molecule has 2 aliphatic rings. The second-order valence-corrected chi connectivity index (χ2v) is 6.98. The van der Waals surface area contributed by atoms with Crippen LogP contribution in [0, 0.1) is 0 Å². The molecule has 1 saturated heterocycles. The van der Waals surface area contributed by atoms with Crippen molar-refractivity contribution in [3.05, 3.63) is 0 Å². The Bertz CT molecular complexity index is 384. The smallest absolute Gasteiger partial charge is 0.235 e. The van der Waals surface area contributed by atoms with E-state index >= 15 is 0 Å². The standard InChI is InChI=1S/C9H16N2O3S/c1-9(2)6-10-8(12)5-11(9)15(13,14)7-3-4-7/h7H,3-6H2,1-2H3,(H,10,12). The van der Waals surface area contributed by atoms with Crippen LogP contribution >= 0.6 is 0 Å². The van der Waals surface area contributed by atoms with Crippen LogP contribution < -0.4 is 5.32 Å². The largest absolute Gasteiger partial charge is 0.353 e. The maximum atomic E-state index is 12.1. The van der Waals surface area contributed by atoms with Gasteiger partial charge < -0.3 is 5.32 Å². The van der Waals surface area contributed by atoms with Crippen molar-refractivity contribution in [1.82, 2.24) is 9.62 Å². The number of rotatable bonds is 2. The Morgan fingerprint density at radius 3 is 2.53 bits per heavy atom. The van der Waals surface area contributed by atoms with Crippen LogP contribution in [0.4, 0.5) is 0 Å². The van der Waals surface area contributed by atoms with Crippen LogP contribution in [0.1, 0.15) is 26.7 Å². The summed E-state index contributed by atoms with van der Waals surface area (Å²) in [5, 5.41) is 2.44. The molecule has 0 aromatic carbocycles. The van der Waals surface area contributed by atoms with Crippen molar-refractivity contribution in [2.45, 2.75) is 37.5 Å². The minimum Gasteiger partial charge on any atom is -0.353 e. The summed E-state index contributed by atoms with van der Waals surface area (Å²) in [6.07, 6.45) is 1.47. The predicted molar refractivity (Wildman–Crippen MR) is 55.7 cm³/mol. The molecule has 0 spiro atoms. The van der Waals surface area contributed by atoms with Crippen molar-refractivity contribution in [3.8, 4) is 0 Å². The van der Waals surface area contributed by atoms with Gasteiger partial charge >= 0.3 is 0 Å². The molecule has 2 fully saturated rings. The van der Waals surface area contributed by atoms with Gasteiger partial charge in [0.15, 0.2) is 0 Å². The molecule has 0 bridgehead atoms. The van der Waals surface area contributed by atoms with Crippen molar-refractivity contribution in [2.75, 3.05) is 13.1 Å². The van der Waals surface area contributed by atoms with Crippen LogP contribution in [-0.2, 0) is 14.8 Å². The fourth-order valence-electron chi connectivity index (χ4n) is 1.78. The van der Waals surface area contributed by atoms with Crippen LogP contribution in [0.3, 0.4) is 0 Å². The zero-order chi connectivity index (χ0) is 11.3. The van der Waals surface area contributed by atoms with Crippen LogP contribution in [0.5, 0.6) is 0 Å². The Hall–Kier alpha value is -0.620. The molecule has 1 heterocycles. The van der Waals surface area contributed by atoms with Crippen molar-refractivity contribution >= 4 is 15.9 Å². The maximum Gasteiger partial charge on any atom is 0.235 e. The molecule has 5 nitrogen and oxygen atoms in total. The summed E-state index contributed by atoms with van der Waals surface area (Å²) in [5.74, 6) is -0.210. The van der Waals surface area contributed by atoms with E-state index in [0.29, 0.717) is 6.54 Å². The summed E-state index contributed by atoms with van der Waals surface area (Å²) in [6.45, 7) is 4.03. The van der Waals surface area contributed by atoms with Gasteiger partial charge in [-0.05, 0) is 26.7 Å². The van der Waals surface area contributed by atoms with Gasteiger partial charge in [0, 0.05) is 12.1 Å². The number of nitrogens with zero attached hydrogens (tertiary/aromatic N) is 1. The van der Waals surface area contributed by atoms with Gasteiger partial charge in [0.1, 0.15) is 0 Å². The fraction of sp³-hybridized carbons (Fsp3) is 0.889. The normalized spacial score (nSPS) is 27.5. The first kappa shape index (κ1) is 10.9. The maximum absolute atomic E-state index is 12.1. The first-order valence-electron chi connectivity index (χ1n) is 5.12. The Balaban J connectivity index is 2.28. The lowest BCUT2D eigenvalue weighted by Crippen LogP contribution is -2.62. The van der Waals surface area contributed by atoms with E-state index in [-0.39, 0.29) is 17.7 Å². The molecule has 1 aliphatic heterocycles. The van der Waals surface area contributed by atoms with E-state index in [1.165, 1.54) is 4.31 Å². The van der Waals surface area contributed by atoms with Crippen molar-refractivity contribution in [1.29, 1.82) is 0 Å². The highest BCUT2D eigenvalue weighted by Crippen LogP contribution is 2.34. The second kappa shape index (κ2) is 3.18. The van der Waals surface area contributed by atoms with E-state index in [9.17, 15) is 13.2 Å². The minimum atomic E-state index is -3.26.